The van der Waals surface area contributed by atoms with Crippen molar-refractivity contribution in [3.8, 4) is 5.75 Å². The van der Waals surface area contributed by atoms with Crippen LogP contribution in [0, 0.1) is 0 Å². The van der Waals surface area contributed by atoms with E-state index in [1.165, 1.54) is 36.0 Å². The van der Waals surface area contributed by atoms with Crippen LogP contribution in [-0.2, 0) is 19.1 Å². The van der Waals surface area contributed by atoms with Crippen molar-refractivity contribution >= 4 is 52.5 Å². The number of esters is 1. The van der Waals surface area contributed by atoms with Gasteiger partial charge in [0.1, 0.15) is 5.75 Å². The molecule has 0 bridgehead atoms. The summed E-state index contributed by atoms with van der Waals surface area (Å²) < 4.78 is 10.6. The van der Waals surface area contributed by atoms with Gasteiger partial charge in [0.2, 0.25) is 11.8 Å². The molecule has 1 unspecified atom stereocenters. The molecule has 1 fully saturated rings. The minimum absolute atomic E-state index is 0.0592. The Morgan fingerprint density at radius 1 is 1.05 bits per heavy atom. The van der Waals surface area contributed by atoms with Gasteiger partial charge in [0.15, 0.2) is 6.61 Å². The van der Waals surface area contributed by atoms with Crippen molar-refractivity contribution in [2.45, 2.75) is 23.5 Å². The quantitative estimate of drug-likeness (QED) is 0.248. The molecular formula is C27H25N3O6S. The number of thioether (sulfide) groups is 1. The fourth-order valence-corrected chi connectivity index (χ4v) is 4.84. The molecule has 1 aliphatic heterocycles. The van der Waals surface area contributed by atoms with E-state index in [4.69, 9.17) is 15.2 Å². The van der Waals surface area contributed by atoms with Crippen molar-refractivity contribution in [2.75, 3.05) is 29.2 Å². The Morgan fingerprint density at radius 2 is 1.81 bits per heavy atom. The van der Waals surface area contributed by atoms with Crippen LogP contribution in [0.4, 0.5) is 17.1 Å². The minimum Gasteiger partial charge on any atom is -0.492 e. The maximum Gasteiger partial charge on any atom is 0.338 e. The van der Waals surface area contributed by atoms with Crippen LogP contribution in [0.5, 0.6) is 5.75 Å². The molecule has 3 aromatic rings. The van der Waals surface area contributed by atoms with Crippen LogP contribution in [0.3, 0.4) is 0 Å². The van der Waals surface area contributed by atoms with E-state index >= 15 is 0 Å². The maximum atomic E-state index is 12.9. The summed E-state index contributed by atoms with van der Waals surface area (Å²) in [5.41, 5.74) is 7.38. The summed E-state index contributed by atoms with van der Waals surface area (Å²) >= 11 is 1.29. The summed E-state index contributed by atoms with van der Waals surface area (Å²) in [6.07, 6.45) is 0.0592. The van der Waals surface area contributed by atoms with E-state index in [9.17, 15) is 19.2 Å². The van der Waals surface area contributed by atoms with Crippen LogP contribution in [0.2, 0.25) is 0 Å². The Hall–Kier alpha value is -4.31. The fourth-order valence-electron chi connectivity index (χ4n) is 3.72. The first-order valence-corrected chi connectivity index (χ1v) is 12.4. The number of anilines is 3. The first-order chi connectivity index (χ1) is 17.9. The number of nitrogens with two attached hydrogens (primary N) is 1. The van der Waals surface area contributed by atoms with Gasteiger partial charge in [-0.1, -0.05) is 18.2 Å². The number of imide groups is 1. The predicted octanol–water partition coefficient (Wildman–Crippen LogP) is 3.89. The van der Waals surface area contributed by atoms with Gasteiger partial charge in [0.05, 0.1) is 28.8 Å². The summed E-state index contributed by atoms with van der Waals surface area (Å²) in [6.45, 7) is 1.78. The molecule has 10 heteroatoms. The molecule has 0 aromatic heterocycles. The zero-order valence-electron chi connectivity index (χ0n) is 20.0. The molecular weight excluding hydrogens is 494 g/mol. The standard InChI is InChI=1S/C27H25N3O6S/c1-2-35-22-9-4-3-8-21(22)29-24(31)16-36-27(34)17-10-12-19(13-11-17)30-25(32)15-23(26(30)33)37-20-7-5-6-18(28)14-20/h3-14,23H,2,15-16,28H2,1H3,(H,29,31). The van der Waals surface area contributed by atoms with Gasteiger partial charge in [-0.3, -0.25) is 14.4 Å². The molecule has 1 saturated heterocycles. The Morgan fingerprint density at radius 3 is 2.54 bits per heavy atom. The molecule has 0 radical (unpaired) electrons. The van der Waals surface area contributed by atoms with Crippen LogP contribution < -0.4 is 20.7 Å². The van der Waals surface area contributed by atoms with Crippen molar-refractivity contribution in [3.63, 3.8) is 0 Å². The molecule has 1 heterocycles. The van der Waals surface area contributed by atoms with E-state index < -0.39 is 23.7 Å². The lowest BCUT2D eigenvalue weighted by Crippen LogP contribution is -2.31. The zero-order chi connectivity index (χ0) is 26.4. The molecule has 0 aliphatic carbocycles. The number of ether oxygens (including phenoxy) is 2. The molecule has 37 heavy (non-hydrogen) atoms. The first-order valence-electron chi connectivity index (χ1n) is 11.5. The van der Waals surface area contributed by atoms with E-state index in [0.717, 1.165) is 9.80 Å². The molecule has 0 spiro atoms. The highest BCUT2D eigenvalue weighted by atomic mass is 32.2. The van der Waals surface area contributed by atoms with Gasteiger partial charge in [0.25, 0.3) is 5.91 Å². The smallest absolute Gasteiger partial charge is 0.338 e. The van der Waals surface area contributed by atoms with E-state index in [2.05, 4.69) is 5.32 Å². The van der Waals surface area contributed by atoms with E-state index in [0.29, 0.717) is 29.4 Å². The molecule has 3 aromatic carbocycles. The third-order valence-corrected chi connectivity index (χ3v) is 6.58. The number of hydrogen-bond acceptors (Lipinski definition) is 8. The molecule has 0 saturated carbocycles. The summed E-state index contributed by atoms with van der Waals surface area (Å²) in [4.78, 5) is 52.1. The number of rotatable bonds is 9. The summed E-state index contributed by atoms with van der Waals surface area (Å²) in [5.74, 6) is -1.38. The van der Waals surface area contributed by atoms with E-state index in [1.54, 1.807) is 42.5 Å². The molecule has 4 rings (SSSR count). The second-order valence-corrected chi connectivity index (χ2v) is 9.33. The number of nitrogens with zero attached hydrogens (tertiary/aromatic N) is 1. The molecule has 9 nitrogen and oxygen atoms in total. The van der Waals surface area contributed by atoms with Crippen LogP contribution in [0.1, 0.15) is 23.7 Å². The monoisotopic (exact) mass is 519 g/mol. The van der Waals surface area contributed by atoms with Crippen molar-refractivity contribution in [1.82, 2.24) is 0 Å². The number of nitrogens with one attached hydrogen (secondary N) is 1. The normalized spacial score (nSPS) is 14.9. The van der Waals surface area contributed by atoms with Gasteiger partial charge in [-0.15, -0.1) is 11.8 Å². The van der Waals surface area contributed by atoms with Crippen molar-refractivity contribution in [2.24, 2.45) is 0 Å². The number of amides is 3. The Bertz CT molecular complexity index is 1330. The highest BCUT2D eigenvalue weighted by Crippen LogP contribution is 2.34. The predicted molar refractivity (Wildman–Crippen MR) is 141 cm³/mol. The van der Waals surface area contributed by atoms with Gasteiger partial charge in [-0.2, -0.15) is 0 Å². The lowest BCUT2D eigenvalue weighted by molar-refractivity contribution is -0.121. The lowest BCUT2D eigenvalue weighted by atomic mass is 10.2. The average Bonchev–Trinajstić information content (AvgIpc) is 3.16. The minimum atomic E-state index is -0.714. The van der Waals surface area contributed by atoms with Crippen molar-refractivity contribution in [3.05, 3.63) is 78.4 Å². The second kappa shape index (κ2) is 11.6. The second-order valence-electron chi connectivity index (χ2n) is 8.05. The van der Waals surface area contributed by atoms with Crippen LogP contribution in [-0.4, -0.2) is 42.2 Å². The van der Waals surface area contributed by atoms with E-state index in [1.807, 2.05) is 13.0 Å². The number of benzene rings is 3. The third kappa shape index (κ3) is 6.28. The van der Waals surface area contributed by atoms with Gasteiger partial charge in [-0.05, 0) is 61.5 Å². The summed E-state index contributed by atoms with van der Waals surface area (Å²) in [6, 6.07) is 19.9. The molecule has 190 valence electrons. The molecule has 3 amide bonds. The first kappa shape index (κ1) is 25.8. The number of carbonyl (C=O) groups is 4. The molecule has 3 N–H and O–H groups in total. The maximum absolute atomic E-state index is 12.9. The average molecular weight is 520 g/mol. The van der Waals surface area contributed by atoms with Gasteiger partial charge >= 0.3 is 5.97 Å². The van der Waals surface area contributed by atoms with Gasteiger partial charge < -0.3 is 20.5 Å². The van der Waals surface area contributed by atoms with Crippen LogP contribution >= 0.6 is 11.8 Å². The summed E-state index contributed by atoms with van der Waals surface area (Å²) in [7, 11) is 0. The number of para-hydroxylation sites is 2. The Kier molecular flexibility index (Phi) is 8.09. The van der Waals surface area contributed by atoms with Gasteiger partial charge in [-0.25, -0.2) is 9.69 Å². The molecule has 1 aliphatic rings. The number of nitrogen functional groups attached to an aromatic ring is 1. The summed E-state index contributed by atoms with van der Waals surface area (Å²) in [5, 5.41) is 2.09. The molecule has 1 atom stereocenters. The fraction of sp³-hybridized carbons (Fsp3) is 0.185. The van der Waals surface area contributed by atoms with E-state index in [-0.39, 0.29) is 23.8 Å². The zero-order valence-corrected chi connectivity index (χ0v) is 20.8. The number of carbonyl (C=O) groups excluding carboxylic acids is 4. The SMILES string of the molecule is CCOc1ccccc1NC(=O)COC(=O)c1ccc(N2C(=O)CC(Sc3cccc(N)c3)C2=O)cc1. The third-order valence-electron chi connectivity index (χ3n) is 5.40. The highest BCUT2D eigenvalue weighted by molar-refractivity contribution is 8.00. The largest absolute Gasteiger partial charge is 0.492 e. The topological polar surface area (TPSA) is 128 Å². The van der Waals surface area contributed by atoms with Crippen molar-refractivity contribution in [1.29, 1.82) is 0 Å². The lowest BCUT2D eigenvalue weighted by Gasteiger charge is -2.15. The highest BCUT2D eigenvalue weighted by Gasteiger charge is 2.40. The Labute approximate surface area is 217 Å². The number of hydrogen-bond donors (Lipinski definition) is 2. The van der Waals surface area contributed by atoms with Crippen LogP contribution in [0.15, 0.2) is 77.7 Å². The Balaban J connectivity index is 1.34. The van der Waals surface area contributed by atoms with Crippen LogP contribution in [0.25, 0.3) is 0 Å². The van der Waals surface area contributed by atoms with Gasteiger partial charge in [0, 0.05) is 17.0 Å². The van der Waals surface area contributed by atoms with Crippen molar-refractivity contribution < 1.29 is 28.7 Å².